The van der Waals surface area contributed by atoms with Gasteiger partial charge in [0.15, 0.2) is 0 Å². The molecule has 22 heavy (non-hydrogen) atoms. The first kappa shape index (κ1) is 19.5. The normalized spacial score (nSPS) is 18.8. The Morgan fingerprint density at radius 3 is 2.36 bits per heavy atom. The lowest BCUT2D eigenvalue weighted by molar-refractivity contribution is 0.0703. The molecule has 128 valence electrons. The Labute approximate surface area is 139 Å². The summed E-state index contributed by atoms with van der Waals surface area (Å²) in [5.41, 5.74) is 1.50. The molecule has 0 saturated heterocycles. The first-order valence-corrected chi connectivity index (χ1v) is 9.85. The van der Waals surface area contributed by atoms with Crippen LogP contribution >= 0.6 is 0 Å². The van der Waals surface area contributed by atoms with Gasteiger partial charge in [-0.15, -0.1) is 0 Å². The van der Waals surface area contributed by atoms with E-state index in [1.54, 1.807) is 0 Å². The van der Waals surface area contributed by atoms with Crippen molar-refractivity contribution in [2.24, 2.45) is 0 Å². The Morgan fingerprint density at radius 2 is 1.64 bits per heavy atom. The molecule has 0 N–H and O–H groups in total. The molecular formula is C21H38O. The third-order valence-corrected chi connectivity index (χ3v) is 4.52. The van der Waals surface area contributed by atoms with Crippen LogP contribution < -0.4 is 0 Å². The largest absolute Gasteiger partial charge is 0.374 e. The zero-order valence-corrected chi connectivity index (χ0v) is 15.1. The van der Waals surface area contributed by atoms with Crippen LogP contribution in [-0.2, 0) is 4.74 Å². The zero-order valence-electron chi connectivity index (χ0n) is 15.1. The summed E-state index contributed by atoms with van der Waals surface area (Å²) in [5, 5.41) is 0. The zero-order chi connectivity index (χ0) is 15.9. The van der Waals surface area contributed by atoms with E-state index in [2.05, 4.69) is 32.1 Å². The van der Waals surface area contributed by atoms with Gasteiger partial charge in [-0.2, -0.15) is 0 Å². The predicted octanol–water partition coefficient (Wildman–Crippen LogP) is 6.98. The van der Waals surface area contributed by atoms with Crippen LogP contribution in [0.1, 0.15) is 97.3 Å². The Balaban J connectivity index is 2.13. The van der Waals surface area contributed by atoms with Crippen LogP contribution in [0.4, 0.5) is 0 Å². The summed E-state index contributed by atoms with van der Waals surface area (Å²) in [5.74, 6) is 0. The first-order chi connectivity index (χ1) is 10.9. The van der Waals surface area contributed by atoms with Gasteiger partial charge in [0, 0.05) is 0 Å². The summed E-state index contributed by atoms with van der Waals surface area (Å²) in [7, 11) is 0. The smallest absolute Gasteiger partial charge is 0.0761 e. The van der Waals surface area contributed by atoms with Crippen molar-refractivity contribution in [3.8, 4) is 0 Å². The summed E-state index contributed by atoms with van der Waals surface area (Å²) < 4.78 is 5.88. The summed E-state index contributed by atoms with van der Waals surface area (Å²) >= 11 is 0. The van der Waals surface area contributed by atoms with E-state index in [0.29, 0.717) is 6.10 Å². The minimum absolute atomic E-state index is 0.375. The van der Waals surface area contributed by atoms with Crippen LogP contribution in [0.5, 0.6) is 0 Å². The van der Waals surface area contributed by atoms with Crippen molar-refractivity contribution in [3.63, 3.8) is 0 Å². The summed E-state index contributed by atoms with van der Waals surface area (Å²) in [6, 6.07) is 0. The highest BCUT2D eigenvalue weighted by Crippen LogP contribution is 2.19. The van der Waals surface area contributed by atoms with Crippen molar-refractivity contribution in [2.75, 3.05) is 6.61 Å². The van der Waals surface area contributed by atoms with E-state index in [4.69, 9.17) is 4.74 Å². The molecule has 0 unspecified atom stereocenters. The van der Waals surface area contributed by atoms with Gasteiger partial charge < -0.3 is 4.74 Å². The highest BCUT2D eigenvalue weighted by atomic mass is 16.5. The predicted molar refractivity (Wildman–Crippen MR) is 98.3 cm³/mol. The number of allylic oxidation sites excluding steroid dienone is 2. The minimum atomic E-state index is 0.375. The van der Waals surface area contributed by atoms with Gasteiger partial charge in [-0.25, -0.2) is 0 Å². The van der Waals surface area contributed by atoms with Gasteiger partial charge in [0.1, 0.15) is 0 Å². The maximum Gasteiger partial charge on any atom is 0.0761 e. The molecule has 0 aromatic rings. The van der Waals surface area contributed by atoms with Gasteiger partial charge in [0.25, 0.3) is 0 Å². The van der Waals surface area contributed by atoms with Gasteiger partial charge in [-0.1, -0.05) is 89.9 Å². The van der Waals surface area contributed by atoms with E-state index >= 15 is 0 Å². The summed E-state index contributed by atoms with van der Waals surface area (Å²) in [6.45, 7) is 5.46. The Bertz CT molecular complexity index is 303. The molecule has 1 nitrogen and oxygen atoms in total. The monoisotopic (exact) mass is 306 g/mol. The number of ether oxygens (including phenoxy) is 1. The highest BCUT2D eigenvalue weighted by molar-refractivity contribution is 5.21. The molecule has 0 amide bonds. The summed E-state index contributed by atoms with van der Waals surface area (Å²) in [6.07, 6.45) is 24.7. The van der Waals surface area contributed by atoms with Gasteiger partial charge in [-0.05, 0) is 31.3 Å². The standard InChI is InChI=1S/C21H38O/c1-3-5-7-9-10-12-13-15-20-17-18-22-21(19-20)16-14-11-8-6-4-2/h13,15,19,21H,3-12,14,16-18H2,1-2H3/b15-13+/t21-/m1/s1. The second-order valence-corrected chi connectivity index (χ2v) is 6.71. The van der Waals surface area contributed by atoms with Gasteiger partial charge in [0.2, 0.25) is 0 Å². The van der Waals surface area contributed by atoms with E-state index in [1.807, 2.05) is 0 Å². The number of hydrogen-bond acceptors (Lipinski definition) is 1. The average molecular weight is 307 g/mol. The maximum atomic E-state index is 5.88. The molecule has 0 fully saturated rings. The highest BCUT2D eigenvalue weighted by Gasteiger charge is 2.11. The molecule has 0 aliphatic carbocycles. The maximum absolute atomic E-state index is 5.88. The van der Waals surface area contributed by atoms with Gasteiger partial charge in [-0.3, -0.25) is 0 Å². The SMILES string of the molecule is CCCCCCC/C=C/C1=C[C@@H](CCCCCCC)OCC1. The van der Waals surface area contributed by atoms with Crippen molar-refractivity contribution in [1.82, 2.24) is 0 Å². The van der Waals surface area contributed by atoms with Crippen LogP contribution in [0.2, 0.25) is 0 Å². The van der Waals surface area contributed by atoms with Crippen molar-refractivity contribution in [2.45, 2.75) is 103 Å². The fraction of sp³-hybridized carbons (Fsp3) is 0.810. The quantitative estimate of drug-likeness (QED) is 0.333. The van der Waals surface area contributed by atoms with E-state index in [-0.39, 0.29) is 0 Å². The van der Waals surface area contributed by atoms with Crippen LogP contribution in [0, 0.1) is 0 Å². The molecule has 0 spiro atoms. The van der Waals surface area contributed by atoms with Crippen molar-refractivity contribution in [1.29, 1.82) is 0 Å². The lowest BCUT2D eigenvalue weighted by Gasteiger charge is -2.20. The molecule has 0 aromatic heterocycles. The number of unbranched alkanes of at least 4 members (excludes halogenated alkanes) is 9. The molecule has 1 heterocycles. The molecule has 1 atom stereocenters. The average Bonchev–Trinajstić information content (AvgIpc) is 2.54. The molecule has 0 radical (unpaired) electrons. The molecular weight excluding hydrogens is 268 g/mol. The number of rotatable bonds is 13. The number of hydrogen-bond donors (Lipinski definition) is 0. The van der Waals surface area contributed by atoms with Gasteiger partial charge in [0.05, 0.1) is 12.7 Å². The first-order valence-electron chi connectivity index (χ1n) is 9.85. The molecule has 1 aliphatic rings. The Kier molecular flexibility index (Phi) is 12.5. The second kappa shape index (κ2) is 14.1. The van der Waals surface area contributed by atoms with E-state index in [9.17, 15) is 0 Å². The van der Waals surface area contributed by atoms with Crippen molar-refractivity contribution >= 4 is 0 Å². The van der Waals surface area contributed by atoms with Crippen LogP contribution in [0.25, 0.3) is 0 Å². The molecule has 0 aromatic carbocycles. The van der Waals surface area contributed by atoms with E-state index < -0.39 is 0 Å². The van der Waals surface area contributed by atoms with Crippen LogP contribution in [-0.4, -0.2) is 12.7 Å². The minimum Gasteiger partial charge on any atom is -0.374 e. The Morgan fingerprint density at radius 1 is 0.955 bits per heavy atom. The molecule has 1 aliphatic heterocycles. The van der Waals surface area contributed by atoms with Crippen LogP contribution in [0.15, 0.2) is 23.8 Å². The topological polar surface area (TPSA) is 9.23 Å². The fourth-order valence-corrected chi connectivity index (χ4v) is 3.05. The molecule has 1 rings (SSSR count). The molecule has 1 heteroatoms. The van der Waals surface area contributed by atoms with Crippen molar-refractivity contribution in [3.05, 3.63) is 23.8 Å². The third-order valence-electron chi connectivity index (χ3n) is 4.52. The molecule has 0 bridgehead atoms. The van der Waals surface area contributed by atoms with E-state index in [0.717, 1.165) is 13.0 Å². The lowest BCUT2D eigenvalue weighted by Crippen LogP contribution is -2.16. The second-order valence-electron chi connectivity index (χ2n) is 6.71. The Hall–Kier alpha value is -0.560. The molecule has 0 saturated carbocycles. The van der Waals surface area contributed by atoms with E-state index in [1.165, 1.54) is 82.6 Å². The van der Waals surface area contributed by atoms with Crippen LogP contribution in [0.3, 0.4) is 0 Å². The van der Waals surface area contributed by atoms with Gasteiger partial charge >= 0.3 is 0 Å². The fourth-order valence-electron chi connectivity index (χ4n) is 3.05. The lowest BCUT2D eigenvalue weighted by atomic mass is 10.0. The summed E-state index contributed by atoms with van der Waals surface area (Å²) in [4.78, 5) is 0. The third kappa shape index (κ3) is 10.2. The van der Waals surface area contributed by atoms with Crippen molar-refractivity contribution < 1.29 is 4.74 Å².